The number of nitrogens with one attached hydrogen (secondary N) is 1. The van der Waals surface area contributed by atoms with Crippen molar-refractivity contribution in [1.82, 2.24) is 10.2 Å². The molecule has 0 aliphatic carbocycles. The van der Waals surface area contributed by atoms with Gasteiger partial charge < -0.3 is 15.0 Å². The van der Waals surface area contributed by atoms with Crippen molar-refractivity contribution in [2.24, 2.45) is 0 Å². The van der Waals surface area contributed by atoms with Crippen LogP contribution in [0.4, 0.5) is 0 Å². The summed E-state index contributed by atoms with van der Waals surface area (Å²) in [6.07, 6.45) is 1.04. The number of amides is 1. The zero-order valence-electron chi connectivity index (χ0n) is 12.1. The number of hydrogen-bond acceptors (Lipinski definition) is 3. The number of morpholine rings is 1. The van der Waals surface area contributed by atoms with Crippen LogP contribution in [-0.4, -0.2) is 50.2 Å². The van der Waals surface area contributed by atoms with Gasteiger partial charge in [0.2, 0.25) is 5.91 Å². The number of carbonyl (C=O) groups is 1. The molecule has 1 amide bonds. The van der Waals surface area contributed by atoms with Crippen LogP contribution in [0, 0.1) is 0 Å². The van der Waals surface area contributed by atoms with Crippen molar-refractivity contribution in [1.29, 1.82) is 0 Å². The Bertz CT molecular complexity index is 497. The average molecular weight is 331 g/mol. The number of aryl methyl sites for hydroxylation is 1. The van der Waals surface area contributed by atoms with Crippen LogP contribution in [-0.2, 0) is 16.0 Å². The molecule has 1 atom stereocenters. The van der Waals surface area contributed by atoms with Crippen molar-refractivity contribution in [2.45, 2.75) is 18.9 Å². The van der Waals surface area contributed by atoms with Crippen molar-refractivity contribution < 1.29 is 9.53 Å². The number of nitrogens with zero attached hydrogens (tertiary/aromatic N) is 1. The van der Waals surface area contributed by atoms with E-state index in [1.165, 1.54) is 0 Å². The van der Waals surface area contributed by atoms with Gasteiger partial charge in [-0.2, -0.15) is 0 Å². The Hall–Kier alpha value is -0.810. The predicted octanol–water partition coefficient (Wildman–Crippen LogP) is 2.37. The van der Waals surface area contributed by atoms with Gasteiger partial charge in [-0.05, 0) is 25.1 Å². The Morgan fingerprint density at radius 3 is 3.05 bits per heavy atom. The fraction of sp³-hybridized carbons (Fsp3) is 0.533. The van der Waals surface area contributed by atoms with Gasteiger partial charge in [-0.3, -0.25) is 4.79 Å². The second-order valence-corrected chi connectivity index (χ2v) is 6.06. The van der Waals surface area contributed by atoms with E-state index in [1.807, 2.05) is 12.1 Å². The first-order valence-electron chi connectivity index (χ1n) is 7.06. The summed E-state index contributed by atoms with van der Waals surface area (Å²) in [5, 5.41) is 3.96. The van der Waals surface area contributed by atoms with Gasteiger partial charge >= 0.3 is 0 Å². The lowest BCUT2D eigenvalue weighted by Crippen LogP contribution is -2.45. The van der Waals surface area contributed by atoms with Gasteiger partial charge in [0.05, 0.1) is 22.8 Å². The third-order valence-electron chi connectivity index (χ3n) is 3.52. The summed E-state index contributed by atoms with van der Waals surface area (Å²) in [6, 6.07) is 5.47. The second-order valence-electron chi connectivity index (χ2n) is 5.27. The molecule has 0 unspecified atom stereocenters. The summed E-state index contributed by atoms with van der Waals surface area (Å²) in [5.41, 5.74) is 0.896. The van der Waals surface area contributed by atoms with Gasteiger partial charge in [-0.15, -0.1) is 0 Å². The van der Waals surface area contributed by atoms with E-state index < -0.39 is 0 Å². The number of halogens is 2. The summed E-state index contributed by atoms with van der Waals surface area (Å²) in [7, 11) is 2.05. The maximum atomic E-state index is 11.9. The second kappa shape index (κ2) is 7.99. The average Bonchev–Trinajstić information content (AvgIpc) is 2.47. The van der Waals surface area contributed by atoms with Crippen LogP contribution < -0.4 is 5.32 Å². The zero-order valence-corrected chi connectivity index (χ0v) is 13.6. The zero-order chi connectivity index (χ0) is 15.2. The highest BCUT2D eigenvalue weighted by atomic mass is 35.5. The molecule has 0 aromatic heterocycles. The Morgan fingerprint density at radius 2 is 2.29 bits per heavy atom. The normalized spacial score (nSPS) is 19.5. The molecular formula is C15H20Cl2N2O2. The van der Waals surface area contributed by atoms with Crippen molar-refractivity contribution >= 4 is 29.1 Å². The third kappa shape index (κ3) is 5.15. The molecule has 1 aliphatic heterocycles. The van der Waals surface area contributed by atoms with Crippen LogP contribution in [0.15, 0.2) is 18.2 Å². The maximum absolute atomic E-state index is 11.9. The van der Waals surface area contributed by atoms with E-state index in [0.717, 1.165) is 25.3 Å². The first kappa shape index (κ1) is 16.6. The molecule has 0 radical (unpaired) electrons. The number of rotatable bonds is 5. The van der Waals surface area contributed by atoms with E-state index in [2.05, 4.69) is 17.3 Å². The lowest BCUT2D eigenvalue weighted by atomic mass is 10.1. The molecule has 0 spiro atoms. The van der Waals surface area contributed by atoms with Gasteiger partial charge in [-0.25, -0.2) is 0 Å². The van der Waals surface area contributed by atoms with E-state index >= 15 is 0 Å². The van der Waals surface area contributed by atoms with Crippen LogP contribution in [0.5, 0.6) is 0 Å². The number of hydrogen-bond donors (Lipinski definition) is 1. The highest BCUT2D eigenvalue weighted by molar-refractivity contribution is 6.42. The van der Waals surface area contributed by atoms with Crippen molar-refractivity contribution in [3.63, 3.8) is 0 Å². The standard InChI is InChI=1S/C15H20Cl2N2O2/c1-19-7-8-21-12(10-19)9-18-14(20)6-5-11-3-2-4-13(16)15(11)17/h2-4,12H,5-10H2,1H3,(H,18,20)/t12-/m1/s1. The topological polar surface area (TPSA) is 41.6 Å². The molecule has 0 bridgehead atoms. The SMILES string of the molecule is CN1CCO[C@H](CNC(=O)CCc2cccc(Cl)c2Cl)C1. The van der Waals surface area contributed by atoms with E-state index in [9.17, 15) is 4.79 Å². The molecule has 0 saturated carbocycles. The number of ether oxygens (including phenoxy) is 1. The minimum atomic E-state index is 0.00266. The van der Waals surface area contributed by atoms with Crippen molar-refractivity contribution in [3.05, 3.63) is 33.8 Å². The Kier molecular flexibility index (Phi) is 6.30. The van der Waals surface area contributed by atoms with Gasteiger partial charge in [0, 0.05) is 26.1 Å². The highest BCUT2D eigenvalue weighted by Crippen LogP contribution is 2.26. The molecule has 116 valence electrons. The largest absolute Gasteiger partial charge is 0.374 e. The molecule has 1 heterocycles. The summed E-state index contributed by atoms with van der Waals surface area (Å²) in [5.74, 6) is 0.00266. The molecule has 2 rings (SSSR count). The van der Waals surface area contributed by atoms with E-state index in [4.69, 9.17) is 27.9 Å². The summed E-state index contributed by atoms with van der Waals surface area (Å²) < 4.78 is 5.60. The monoisotopic (exact) mass is 330 g/mol. The van der Waals surface area contributed by atoms with Crippen LogP contribution in [0.2, 0.25) is 10.0 Å². The van der Waals surface area contributed by atoms with E-state index in [0.29, 0.717) is 29.4 Å². The van der Waals surface area contributed by atoms with Gasteiger partial charge in [-0.1, -0.05) is 35.3 Å². The van der Waals surface area contributed by atoms with Crippen molar-refractivity contribution in [3.8, 4) is 0 Å². The van der Waals surface area contributed by atoms with Gasteiger partial charge in [0.15, 0.2) is 0 Å². The number of benzene rings is 1. The first-order valence-corrected chi connectivity index (χ1v) is 7.81. The first-order chi connectivity index (χ1) is 10.1. The summed E-state index contributed by atoms with van der Waals surface area (Å²) in [4.78, 5) is 14.1. The quantitative estimate of drug-likeness (QED) is 0.901. The number of carbonyl (C=O) groups excluding carboxylic acids is 1. The summed E-state index contributed by atoms with van der Waals surface area (Å²) >= 11 is 12.1. The molecule has 1 fully saturated rings. The Balaban J connectivity index is 1.73. The predicted molar refractivity (Wildman–Crippen MR) is 85.0 cm³/mol. The molecule has 1 aromatic rings. The lowest BCUT2D eigenvalue weighted by Gasteiger charge is -2.30. The molecule has 1 N–H and O–H groups in total. The fourth-order valence-electron chi connectivity index (χ4n) is 2.30. The minimum absolute atomic E-state index is 0.00266. The molecule has 1 aliphatic rings. The molecule has 21 heavy (non-hydrogen) atoms. The van der Waals surface area contributed by atoms with Crippen LogP contribution in [0.1, 0.15) is 12.0 Å². The maximum Gasteiger partial charge on any atom is 0.220 e. The smallest absolute Gasteiger partial charge is 0.220 e. The van der Waals surface area contributed by atoms with Crippen molar-refractivity contribution in [2.75, 3.05) is 33.3 Å². The van der Waals surface area contributed by atoms with Gasteiger partial charge in [0.1, 0.15) is 0 Å². The molecular weight excluding hydrogens is 311 g/mol. The van der Waals surface area contributed by atoms with Crippen LogP contribution in [0.3, 0.4) is 0 Å². The molecule has 6 heteroatoms. The Morgan fingerprint density at radius 1 is 1.48 bits per heavy atom. The fourth-order valence-corrected chi connectivity index (χ4v) is 2.71. The number of likely N-dealkylation sites (N-methyl/N-ethyl adjacent to an activating group) is 1. The van der Waals surface area contributed by atoms with E-state index in [1.54, 1.807) is 6.07 Å². The molecule has 1 saturated heterocycles. The van der Waals surface area contributed by atoms with Gasteiger partial charge in [0.25, 0.3) is 0 Å². The molecule has 4 nitrogen and oxygen atoms in total. The lowest BCUT2D eigenvalue weighted by molar-refractivity contribution is -0.122. The third-order valence-corrected chi connectivity index (χ3v) is 4.38. The van der Waals surface area contributed by atoms with E-state index in [-0.39, 0.29) is 12.0 Å². The van der Waals surface area contributed by atoms with Crippen LogP contribution >= 0.6 is 23.2 Å². The van der Waals surface area contributed by atoms with Crippen LogP contribution in [0.25, 0.3) is 0 Å². The Labute approximate surface area is 135 Å². The highest BCUT2D eigenvalue weighted by Gasteiger charge is 2.18. The minimum Gasteiger partial charge on any atom is -0.374 e. The summed E-state index contributed by atoms with van der Waals surface area (Å²) in [6.45, 7) is 3.06. The molecule has 1 aromatic carbocycles.